The average Bonchev–Trinajstić information content (AvgIpc) is 3.86. The number of allylic oxidation sites excluding steroid dienone is 7. The molecule has 338 valence electrons. The maximum atomic E-state index is 5.76. The minimum absolute atomic E-state index is 0.00415. The summed E-state index contributed by atoms with van der Waals surface area (Å²) in [7, 11) is 4.22. The first kappa shape index (κ1) is 50.7. The second-order valence-electron chi connectivity index (χ2n) is 19.3. The van der Waals surface area contributed by atoms with Crippen molar-refractivity contribution in [2.75, 3.05) is 38.6 Å². The van der Waals surface area contributed by atoms with Crippen LogP contribution in [0.4, 0.5) is 11.4 Å². The standard InChI is InChI=1S/C33H41N2.C15H30N2.C8H17Cl/c1-7-8-9-10-18-25-35-29-22-17-15-20-27(29)33(4,5)31(35)24-13-11-12-23-30-32(2,3)26-19-14-16-21-28(26)34(30)6;1-16-12-8-4-2-3-5-9-13-17-14-10-6-7-11-15(14)17;1-3-4-5-6-7-8(2)9/h7,11-17,19-24H,1,8-10,18,25H2,2-6H3;14-16H,2-13H2,1H3;8H,3-7H2,1-2H3/q+1;;. The number of nitrogens with one attached hydrogen (secondary N) is 1. The van der Waals surface area contributed by atoms with Crippen molar-refractivity contribution in [2.24, 2.45) is 0 Å². The van der Waals surface area contributed by atoms with Crippen molar-refractivity contribution >= 4 is 28.7 Å². The second kappa shape index (κ2) is 26.6. The van der Waals surface area contributed by atoms with E-state index in [1.807, 2.05) is 13.1 Å². The lowest BCUT2D eigenvalue weighted by Crippen LogP contribution is -2.27. The summed E-state index contributed by atoms with van der Waals surface area (Å²) >= 11 is 5.76. The zero-order valence-electron chi connectivity index (χ0n) is 40.3. The van der Waals surface area contributed by atoms with Gasteiger partial charge >= 0.3 is 0 Å². The lowest BCUT2D eigenvalue weighted by atomic mass is 9.81. The minimum atomic E-state index is -0.00415. The molecule has 4 nitrogen and oxygen atoms in total. The van der Waals surface area contributed by atoms with Crippen molar-refractivity contribution in [3.8, 4) is 0 Å². The Kier molecular flexibility index (Phi) is 22.2. The van der Waals surface area contributed by atoms with E-state index in [0.717, 1.165) is 25.0 Å². The maximum absolute atomic E-state index is 5.76. The van der Waals surface area contributed by atoms with Gasteiger partial charge < -0.3 is 10.2 Å². The first-order valence-corrected chi connectivity index (χ1v) is 25.2. The summed E-state index contributed by atoms with van der Waals surface area (Å²) in [5.74, 6) is 0. The lowest BCUT2D eigenvalue weighted by Gasteiger charge is -2.27. The summed E-state index contributed by atoms with van der Waals surface area (Å²) in [6.07, 6.45) is 39.0. The number of likely N-dealkylation sites (tertiary alicyclic amines) is 1. The maximum Gasteiger partial charge on any atom is 0.209 e. The predicted octanol–water partition coefficient (Wildman–Crippen LogP) is 15.0. The van der Waals surface area contributed by atoms with Gasteiger partial charge in [-0.1, -0.05) is 152 Å². The van der Waals surface area contributed by atoms with E-state index in [-0.39, 0.29) is 10.8 Å². The van der Waals surface area contributed by atoms with Crippen molar-refractivity contribution in [1.82, 2.24) is 10.2 Å². The number of alkyl halides is 1. The van der Waals surface area contributed by atoms with Gasteiger partial charge in [-0.05, 0) is 110 Å². The molecule has 5 heteroatoms. The van der Waals surface area contributed by atoms with Crippen LogP contribution >= 0.6 is 11.6 Å². The fourth-order valence-electron chi connectivity index (χ4n) is 10.1. The van der Waals surface area contributed by atoms with Crippen LogP contribution in [0.15, 0.2) is 97.3 Å². The molecule has 1 saturated heterocycles. The van der Waals surface area contributed by atoms with Gasteiger partial charge in [0, 0.05) is 58.5 Å². The van der Waals surface area contributed by atoms with Crippen LogP contribution in [0.25, 0.3) is 0 Å². The van der Waals surface area contributed by atoms with Crippen LogP contribution < -0.4 is 10.2 Å². The van der Waals surface area contributed by atoms with Crippen molar-refractivity contribution in [2.45, 2.75) is 192 Å². The molecule has 1 N–H and O–H groups in total. The molecule has 1 aliphatic carbocycles. The molecule has 6 rings (SSSR count). The molecule has 2 aromatic rings. The molecule has 0 amide bonds. The van der Waals surface area contributed by atoms with Crippen LogP contribution in [0.5, 0.6) is 0 Å². The fraction of sp³-hybridized carbons (Fsp3) is 0.625. The monoisotopic (exact) mass is 852 g/mol. The van der Waals surface area contributed by atoms with Gasteiger partial charge in [0.05, 0.1) is 5.41 Å². The van der Waals surface area contributed by atoms with Gasteiger partial charge in [0.25, 0.3) is 0 Å². The Labute approximate surface area is 380 Å². The van der Waals surface area contributed by atoms with E-state index >= 15 is 0 Å². The normalized spacial score (nSPS) is 21.8. The van der Waals surface area contributed by atoms with Crippen LogP contribution in [0, 0.1) is 0 Å². The quantitative estimate of drug-likeness (QED) is 0.0301. The molecule has 3 aliphatic heterocycles. The summed E-state index contributed by atoms with van der Waals surface area (Å²) in [6.45, 7) is 21.1. The van der Waals surface area contributed by atoms with Gasteiger partial charge in [-0.3, -0.25) is 4.90 Å². The molecule has 1 saturated carbocycles. The number of anilines is 1. The highest BCUT2D eigenvalue weighted by Crippen LogP contribution is 2.48. The molecule has 2 aromatic carbocycles. The van der Waals surface area contributed by atoms with Gasteiger partial charge in [-0.2, -0.15) is 4.58 Å². The highest BCUT2D eigenvalue weighted by Gasteiger charge is 2.47. The van der Waals surface area contributed by atoms with Crippen LogP contribution in [-0.2, 0) is 10.8 Å². The van der Waals surface area contributed by atoms with Crippen LogP contribution in [0.2, 0.25) is 0 Å². The summed E-state index contributed by atoms with van der Waals surface area (Å²) in [6, 6.07) is 19.6. The number of para-hydroxylation sites is 2. The first-order valence-electron chi connectivity index (χ1n) is 24.8. The third kappa shape index (κ3) is 15.1. The Bertz CT molecular complexity index is 1700. The average molecular weight is 853 g/mol. The van der Waals surface area contributed by atoms with Crippen molar-refractivity contribution < 1.29 is 4.58 Å². The van der Waals surface area contributed by atoms with Gasteiger partial charge in [-0.25, -0.2) is 0 Å². The van der Waals surface area contributed by atoms with Crippen molar-refractivity contribution in [1.29, 1.82) is 0 Å². The topological polar surface area (TPSA) is 21.3 Å². The zero-order chi connectivity index (χ0) is 44.1. The SMILES string of the molecule is C=CCCCCCN1/C(=C/C=C/C=C/C2=[N+](C)c3ccccc3C2(C)C)C(C)(C)c2ccccc21.CCCCCCC(C)Cl.CNCCCCCCCCN1C2CCCCC21. The Morgan fingerprint density at radius 3 is 2.07 bits per heavy atom. The van der Waals surface area contributed by atoms with E-state index < -0.39 is 0 Å². The molecule has 2 fully saturated rings. The van der Waals surface area contributed by atoms with E-state index in [0.29, 0.717) is 5.38 Å². The highest BCUT2D eigenvalue weighted by atomic mass is 35.5. The summed E-state index contributed by atoms with van der Waals surface area (Å²) in [5.41, 5.74) is 8.18. The molecular weight excluding hydrogens is 764 g/mol. The first-order chi connectivity index (χ1) is 29.5. The van der Waals surface area contributed by atoms with Gasteiger partial charge in [0.1, 0.15) is 7.05 Å². The lowest BCUT2D eigenvalue weighted by molar-refractivity contribution is -0.401. The molecule has 3 unspecified atom stereocenters. The van der Waals surface area contributed by atoms with E-state index in [4.69, 9.17) is 11.6 Å². The molecule has 3 heterocycles. The third-order valence-corrected chi connectivity index (χ3v) is 14.0. The molecule has 0 aromatic heterocycles. The number of benzene rings is 2. The fourth-order valence-corrected chi connectivity index (χ4v) is 10.2. The van der Waals surface area contributed by atoms with E-state index in [9.17, 15) is 0 Å². The highest BCUT2D eigenvalue weighted by molar-refractivity contribution is 6.20. The smallest absolute Gasteiger partial charge is 0.209 e. The van der Waals surface area contributed by atoms with Gasteiger partial charge in [-0.15, -0.1) is 18.2 Å². The van der Waals surface area contributed by atoms with Gasteiger partial charge in [0.15, 0.2) is 5.71 Å². The molecule has 0 bridgehead atoms. The molecule has 0 radical (unpaired) electrons. The zero-order valence-corrected chi connectivity index (χ0v) is 41.1. The molecule has 4 aliphatic rings. The summed E-state index contributed by atoms with van der Waals surface area (Å²) in [5, 5.41) is 3.59. The Hall–Kier alpha value is -2.92. The summed E-state index contributed by atoms with van der Waals surface area (Å²) in [4.78, 5) is 5.31. The Balaban J connectivity index is 0.000000259. The minimum Gasteiger partial charge on any atom is -0.344 e. The van der Waals surface area contributed by atoms with Crippen molar-refractivity contribution in [3.05, 3.63) is 108 Å². The molecule has 61 heavy (non-hydrogen) atoms. The molecule has 0 spiro atoms. The number of unbranched alkanes of at least 4 members (excludes halogenated alkanes) is 11. The third-order valence-electron chi connectivity index (χ3n) is 13.8. The molecular formula is C56H88ClN4+. The number of halogens is 1. The molecule has 3 atom stereocenters. The Morgan fingerprint density at radius 2 is 1.39 bits per heavy atom. The number of fused-ring (bicyclic) bond motifs is 3. The largest absolute Gasteiger partial charge is 0.344 e. The van der Waals surface area contributed by atoms with Crippen LogP contribution in [-0.4, -0.2) is 66.4 Å². The Morgan fingerprint density at radius 1 is 0.770 bits per heavy atom. The number of rotatable bonds is 23. The number of hydrogen-bond donors (Lipinski definition) is 1. The summed E-state index contributed by atoms with van der Waals surface area (Å²) < 4.78 is 2.32. The van der Waals surface area contributed by atoms with Crippen molar-refractivity contribution in [3.63, 3.8) is 0 Å². The van der Waals surface area contributed by atoms with Gasteiger partial charge in [0.2, 0.25) is 5.69 Å². The van der Waals surface area contributed by atoms with Crippen LogP contribution in [0.3, 0.4) is 0 Å². The second-order valence-corrected chi connectivity index (χ2v) is 20.1. The number of nitrogens with zero attached hydrogens (tertiary/aromatic N) is 3. The van der Waals surface area contributed by atoms with E-state index in [1.54, 1.807) is 0 Å². The van der Waals surface area contributed by atoms with E-state index in [1.165, 1.54) is 163 Å². The predicted molar refractivity (Wildman–Crippen MR) is 271 cm³/mol. The number of hydrogen-bond acceptors (Lipinski definition) is 3. The van der Waals surface area contributed by atoms with Crippen LogP contribution in [0.1, 0.15) is 175 Å². The van der Waals surface area contributed by atoms with E-state index in [2.05, 4.69) is 154 Å².